The normalized spacial score (nSPS) is 26.4. The van der Waals surface area contributed by atoms with Crippen molar-refractivity contribution in [3.63, 3.8) is 0 Å². The molecule has 0 saturated heterocycles. The second-order valence-corrected chi connectivity index (χ2v) is 2.20. The van der Waals surface area contributed by atoms with Crippen LogP contribution in [0.1, 0.15) is 20.3 Å². The Kier molecular flexibility index (Phi) is 1.88. The monoisotopic (exact) mass is 125 g/mol. The highest BCUT2D eigenvalue weighted by atomic mass is 16.6. The van der Waals surface area contributed by atoms with Crippen molar-refractivity contribution in [2.24, 2.45) is 5.16 Å². The Morgan fingerprint density at radius 3 is 3.00 bits per heavy atom. The highest BCUT2D eigenvalue weighted by Crippen LogP contribution is 2.10. The number of hydrogen-bond donors (Lipinski definition) is 0. The van der Waals surface area contributed by atoms with E-state index in [1.54, 1.807) is 0 Å². The molecule has 0 aromatic rings. The van der Waals surface area contributed by atoms with Crippen LogP contribution in [0.15, 0.2) is 17.3 Å². The molecule has 1 aliphatic heterocycles. The fourth-order valence-electron chi connectivity index (χ4n) is 0.841. The smallest absolute Gasteiger partial charge is 0.151 e. The Bertz CT molecular complexity index is 149. The summed E-state index contributed by atoms with van der Waals surface area (Å²) >= 11 is 0. The van der Waals surface area contributed by atoms with Gasteiger partial charge in [-0.1, -0.05) is 11.2 Å². The molecule has 0 radical (unpaired) electrons. The molecule has 1 atom stereocenters. The zero-order valence-corrected chi connectivity index (χ0v) is 5.79. The number of hydrogen-bond acceptors (Lipinski definition) is 2. The number of nitrogens with zero attached hydrogens (tertiary/aromatic N) is 1. The van der Waals surface area contributed by atoms with Crippen LogP contribution in [-0.2, 0) is 4.84 Å². The third-order valence-corrected chi connectivity index (χ3v) is 1.25. The van der Waals surface area contributed by atoms with Crippen LogP contribution in [-0.4, -0.2) is 11.8 Å². The summed E-state index contributed by atoms with van der Waals surface area (Å²) in [5.41, 5.74) is 1.08. The largest absolute Gasteiger partial charge is 0.388 e. The molecule has 50 valence electrons. The molecule has 0 amide bonds. The fraction of sp³-hybridized carbons (Fsp3) is 0.571. The Morgan fingerprint density at radius 1 is 1.78 bits per heavy atom. The lowest BCUT2D eigenvalue weighted by Crippen LogP contribution is -2.00. The number of allylic oxidation sites excluding steroid dienone is 1. The van der Waals surface area contributed by atoms with E-state index in [0.717, 1.165) is 12.1 Å². The highest BCUT2D eigenvalue weighted by molar-refractivity contribution is 5.83. The van der Waals surface area contributed by atoms with E-state index in [-0.39, 0.29) is 6.10 Å². The fourth-order valence-corrected chi connectivity index (χ4v) is 0.841. The summed E-state index contributed by atoms with van der Waals surface area (Å²) in [5.74, 6) is 0. The number of oxime groups is 1. The van der Waals surface area contributed by atoms with Crippen molar-refractivity contribution in [3.8, 4) is 0 Å². The molecule has 0 saturated carbocycles. The van der Waals surface area contributed by atoms with Crippen molar-refractivity contribution in [2.75, 3.05) is 0 Å². The molecule has 1 rings (SSSR count). The molecule has 0 spiro atoms. The van der Waals surface area contributed by atoms with E-state index in [0.29, 0.717) is 0 Å². The van der Waals surface area contributed by atoms with Gasteiger partial charge in [-0.3, -0.25) is 0 Å². The van der Waals surface area contributed by atoms with E-state index in [9.17, 15) is 0 Å². The summed E-state index contributed by atoms with van der Waals surface area (Å²) in [5, 5.41) is 3.80. The molecule has 0 N–H and O–H groups in total. The molecule has 0 bridgehead atoms. The maximum absolute atomic E-state index is 5.01. The first-order chi connectivity index (χ1) is 4.33. The predicted octanol–water partition coefficient (Wildman–Crippen LogP) is 1.73. The molecular weight excluding hydrogens is 114 g/mol. The molecular formula is C7H11NO. The Hall–Kier alpha value is -0.790. The van der Waals surface area contributed by atoms with Crippen LogP contribution < -0.4 is 0 Å². The van der Waals surface area contributed by atoms with Gasteiger partial charge in [0.1, 0.15) is 0 Å². The minimum atomic E-state index is 0.204. The second-order valence-electron chi connectivity index (χ2n) is 2.20. The van der Waals surface area contributed by atoms with E-state index in [1.165, 1.54) is 0 Å². The van der Waals surface area contributed by atoms with E-state index in [4.69, 9.17) is 4.84 Å². The van der Waals surface area contributed by atoms with Crippen LogP contribution in [0, 0.1) is 0 Å². The van der Waals surface area contributed by atoms with Crippen molar-refractivity contribution < 1.29 is 4.84 Å². The Morgan fingerprint density at radius 2 is 2.56 bits per heavy atom. The SMILES string of the molecule is C/C=C/C1CC(C)=NO1. The zero-order valence-electron chi connectivity index (χ0n) is 5.79. The third-order valence-electron chi connectivity index (χ3n) is 1.25. The molecule has 0 aromatic carbocycles. The van der Waals surface area contributed by atoms with Gasteiger partial charge in [0.2, 0.25) is 0 Å². The first-order valence-corrected chi connectivity index (χ1v) is 3.15. The maximum Gasteiger partial charge on any atom is 0.151 e. The van der Waals surface area contributed by atoms with Gasteiger partial charge < -0.3 is 4.84 Å². The van der Waals surface area contributed by atoms with Crippen LogP contribution in [0.5, 0.6) is 0 Å². The topological polar surface area (TPSA) is 21.6 Å². The minimum Gasteiger partial charge on any atom is -0.388 e. The van der Waals surface area contributed by atoms with Crippen LogP contribution in [0.25, 0.3) is 0 Å². The van der Waals surface area contributed by atoms with Gasteiger partial charge in [-0.15, -0.1) is 0 Å². The summed E-state index contributed by atoms with van der Waals surface area (Å²) in [7, 11) is 0. The van der Waals surface area contributed by atoms with E-state index in [1.807, 2.05) is 26.0 Å². The molecule has 1 aliphatic rings. The van der Waals surface area contributed by atoms with Crippen molar-refractivity contribution in [3.05, 3.63) is 12.2 Å². The first-order valence-electron chi connectivity index (χ1n) is 3.15. The van der Waals surface area contributed by atoms with Gasteiger partial charge in [-0.05, 0) is 19.9 Å². The predicted molar refractivity (Wildman–Crippen MR) is 37.4 cm³/mol. The van der Waals surface area contributed by atoms with Crippen LogP contribution in [0.4, 0.5) is 0 Å². The van der Waals surface area contributed by atoms with Gasteiger partial charge in [-0.25, -0.2) is 0 Å². The molecule has 1 heterocycles. The minimum absolute atomic E-state index is 0.204. The Labute approximate surface area is 55.2 Å². The molecule has 2 heteroatoms. The third kappa shape index (κ3) is 1.56. The molecule has 2 nitrogen and oxygen atoms in total. The summed E-state index contributed by atoms with van der Waals surface area (Å²) in [6.45, 7) is 3.96. The van der Waals surface area contributed by atoms with Crippen molar-refractivity contribution in [1.82, 2.24) is 0 Å². The van der Waals surface area contributed by atoms with E-state index >= 15 is 0 Å². The number of rotatable bonds is 1. The second kappa shape index (κ2) is 2.67. The lowest BCUT2D eigenvalue weighted by Gasteiger charge is -1.97. The maximum atomic E-state index is 5.01. The van der Waals surface area contributed by atoms with Gasteiger partial charge in [-0.2, -0.15) is 0 Å². The molecule has 0 aromatic heterocycles. The van der Waals surface area contributed by atoms with Gasteiger partial charge in [0.05, 0.1) is 5.71 Å². The first kappa shape index (κ1) is 6.33. The van der Waals surface area contributed by atoms with Crippen LogP contribution in [0.2, 0.25) is 0 Å². The standard InChI is InChI=1S/C7H11NO/c1-3-4-7-5-6(2)8-9-7/h3-4,7H,5H2,1-2H3/b4-3+. The summed E-state index contributed by atoms with van der Waals surface area (Å²) < 4.78 is 0. The molecule has 0 fully saturated rings. The summed E-state index contributed by atoms with van der Waals surface area (Å²) in [6.07, 6.45) is 5.15. The molecule has 9 heavy (non-hydrogen) atoms. The van der Waals surface area contributed by atoms with E-state index in [2.05, 4.69) is 5.16 Å². The molecule has 0 aliphatic carbocycles. The quantitative estimate of drug-likeness (QED) is 0.489. The zero-order chi connectivity index (χ0) is 6.69. The lowest BCUT2D eigenvalue weighted by atomic mass is 10.2. The van der Waals surface area contributed by atoms with E-state index < -0.39 is 0 Å². The average Bonchev–Trinajstić information content (AvgIpc) is 2.17. The summed E-state index contributed by atoms with van der Waals surface area (Å²) in [6, 6.07) is 0. The average molecular weight is 125 g/mol. The van der Waals surface area contributed by atoms with Crippen molar-refractivity contribution >= 4 is 5.71 Å². The van der Waals surface area contributed by atoms with Gasteiger partial charge in [0, 0.05) is 6.42 Å². The molecule has 1 unspecified atom stereocenters. The summed E-state index contributed by atoms with van der Waals surface area (Å²) in [4.78, 5) is 5.01. The lowest BCUT2D eigenvalue weighted by molar-refractivity contribution is 0.120. The van der Waals surface area contributed by atoms with Crippen LogP contribution in [0.3, 0.4) is 0 Å². The van der Waals surface area contributed by atoms with Gasteiger partial charge in [0.15, 0.2) is 6.10 Å². The Balaban J connectivity index is 2.37. The van der Waals surface area contributed by atoms with Crippen molar-refractivity contribution in [2.45, 2.75) is 26.4 Å². The van der Waals surface area contributed by atoms with Crippen LogP contribution >= 0.6 is 0 Å². The van der Waals surface area contributed by atoms with Gasteiger partial charge >= 0.3 is 0 Å². The highest BCUT2D eigenvalue weighted by Gasteiger charge is 2.13. The van der Waals surface area contributed by atoms with Gasteiger partial charge in [0.25, 0.3) is 0 Å². The van der Waals surface area contributed by atoms with Crippen molar-refractivity contribution in [1.29, 1.82) is 0 Å².